The lowest BCUT2D eigenvalue weighted by atomic mass is 10.2. The van der Waals surface area contributed by atoms with E-state index >= 15 is 0 Å². The molecule has 0 bridgehead atoms. The predicted octanol–water partition coefficient (Wildman–Crippen LogP) is 2.39. The van der Waals surface area contributed by atoms with Crippen molar-refractivity contribution in [3.63, 3.8) is 0 Å². The number of aromatic carboxylic acids is 1. The lowest BCUT2D eigenvalue weighted by Gasteiger charge is -2.10. The smallest absolute Gasteiger partial charge is 0.134 e. The molecule has 92 valence electrons. The van der Waals surface area contributed by atoms with Gasteiger partial charge in [-0.1, -0.05) is 36.4 Å². The lowest BCUT2D eigenvalue weighted by molar-refractivity contribution is -0.255. The van der Waals surface area contributed by atoms with E-state index in [9.17, 15) is 9.90 Å². The molecule has 2 aromatic carbocycles. The van der Waals surface area contributed by atoms with Crippen LogP contribution in [0.3, 0.4) is 0 Å². The zero-order valence-electron chi connectivity index (χ0n) is 9.43. The first kappa shape index (κ1) is 12.6. The van der Waals surface area contributed by atoms with Crippen LogP contribution in [0.25, 0.3) is 0 Å². The number of hydrogen-bond donors (Lipinski definition) is 0. The molecule has 0 amide bonds. The van der Waals surface area contributed by atoms with Crippen molar-refractivity contribution >= 4 is 21.9 Å². The van der Waals surface area contributed by atoms with Crippen LogP contribution >= 0.6 is 15.9 Å². The van der Waals surface area contributed by atoms with E-state index in [1.807, 2.05) is 30.3 Å². The third-order valence-corrected chi connectivity index (χ3v) is 3.06. The number of halogens is 1. The van der Waals surface area contributed by atoms with Crippen LogP contribution in [-0.4, -0.2) is 5.97 Å². The summed E-state index contributed by atoms with van der Waals surface area (Å²) in [5.74, 6) is -0.729. The van der Waals surface area contributed by atoms with Gasteiger partial charge in [0.05, 0.1) is 10.4 Å². The van der Waals surface area contributed by atoms with Gasteiger partial charge in [-0.15, -0.1) is 0 Å². The van der Waals surface area contributed by atoms with Crippen LogP contribution in [0.4, 0.5) is 0 Å². The zero-order chi connectivity index (χ0) is 13.0. The van der Waals surface area contributed by atoms with Crippen LogP contribution in [0.2, 0.25) is 0 Å². The molecule has 0 spiro atoms. The first-order chi connectivity index (χ1) is 8.66. The topological polar surface area (TPSA) is 49.4 Å². The van der Waals surface area contributed by atoms with Crippen LogP contribution < -0.4 is 9.84 Å². The van der Waals surface area contributed by atoms with E-state index in [1.165, 1.54) is 12.1 Å². The second-order valence-corrected chi connectivity index (χ2v) is 4.56. The molecule has 3 nitrogen and oxygen atoms in total. The van der Waals surface area contributed by atoms with Gasteiger partial charge in [0.15, 0.2) is 0 Å². The number of ether oxygens (including phenoxy) is 1. The van der Waals surface area contributed by atoms with Gasteiger partial charge in [-0.25, -0.2) is 0 Å². The minimum absolute atomic E-state index is 0.0984. The predicted molar refractivity (Wildman–Crippen MR) is 69.2 cm³/mol. The van der Waals surface area contributed by atoms with Gasteiger partial charge in [-0.3, -0.25) is 0 Å². The molecule has 0 N–H and O–H groups in total. The van der Waals surface area contributed by atoms with E-state index in [4.69, 9.17) is 4.74 Å². The Balaban J connectivity index is 2.14. The number of carboxylic acids is 1. The largest absolute Gasteiger partial charge is 0.545 e. The van der Waals surface area contributed by atoms with Crippen molar-refractivity contribution in [3.05, 3.63) is 64.1 Å². The molecule has 0 heterocycles. The molecule has 2 rings (SSSR count). The van der Waals surface area contributed by atoms with Crippen LogP contribution in [0.5, 0.6) is 5.75 Å². The molecule has 0 saturated heterocycles. The molecule has 0 saturated carbocycles. The third kappa shape index (κ3) is 3.11. The summed E-state index contributed by atoms with van der Waals surface area (Å²) >= 11 is 3.31. The minimum Gasteiger partial charge on any atom is -0.545 e. The molecule has 0 aliphatic heterocycles. The number of benzene rings is 2. The van der Waals surface area contributed by atoms with E-state index in [0.29, 0.717) is 16.8 Å². The third-order valence-electron chi connectivity index (χ3n) is 2.40. The Morgan fingerprint density at radius 2 is 1.89 bits per heavy atom. The lowest BCUT2D eigenvalue weighted by Crippen LogP contribution is -2.22. The maximum atomic E-state index is 10.8. The fourth-order valence-electron chi connectivity index (χ4n) is 1.48. The van der Waals surface area contributed by atoms with Gasteiger partial charge in [0.2, 0.25) is 0 Å². The molecule has 0 aliphatic carbocycles. The number of hydrogen-bond acceptors (Lipinski definition) is 3. The van der Waals surface area contributed by atoms with E-state index in [2.05, 4.69) is 15.9 Å². The van der Waals surface area contributed by atoms with Gasteiger partial charge in [-0.05, 0) is 33.6 Å². The Bertz CT molecular complexity index is 552. The molecule has 2 aromatic rings. The quantitative estimate of drug-likeness (QED) is 0.871. The maximum Gasteiger partial charge on any atom is 0.134 e. The van der Waals surface area contributed by atoms with Gasteiger partial charge in [-0.2, -0.15) is 0 Å². The van der Waals surface area contributed by atoms with Crippen molar-refractivity contribution in [2.24, 2.45) is 0 Å². The van der Waals surface area contributed by atoms with Crippen molar-refractivity contribution in [2.75, 3.05) is 0 Å². The highest BCUT2D eigenvalue weighted by molar-refractivity contribution is 9.10. The maximum absolute atomic E-state index is 10.8. The molecule has 0 atom stereocenters. The average molecular weight is 306 g/mol. The second-order valence-electron chi connectivity index (χ2n) is 3.71. The van der Waals surface area contributed by atoms with Crippen LogP contribution in [0.15, 0.2) is 53.0 Å². The normalized spacial score (nSPS) is 10.1. The van der Waals surface area contributed by atoms with Crippen molar-refractivity contribution in [2.45, 2.75) is 6.61 Å². The molecule has 0 aromatic heterocycles. The van der Waals surface area contributed by atoms with E-state index in [0.717, 1.165) is 5.56 Å². The number of rotatable bonds is 4. The monoisotopic (exact) mass is 305 g/mol. The highest BCUT2D eigenvalue weighted by Gasteiger charge is 2.04. The second kappa shape index (κ2) is 5.69. The molecule has 4 heteroatoms. The minimum atomic E-state index is -1.22. The summed E-state index contributed by atoms with van der Waals surface area (Å²) in [6.45, 7) is 0.385. The summed E-state index contributed by atoms with van der Waals surface area (Å²) in [5, 5.41) is 10.8. The highest BCUT2D eigenvalue weighted by Crippen LogP contribution is 2.26. The van der Waals surface area contributed by atoms with E-state index in [-0.39, 0.29) is 5.56 Å². The van der Waals surface area contributed by atoms with E-state index in [1.54, 1.807) is 6.07 Å². The first-order valence-electron chi connectivity index (χ1n) is 5.34. The molecule has 18 heavy (non-hydrogen) atoms. The SMILES string of the molecule is O=C([O-])c1ccc(Br)c(OCc2ccccc2)c1. The molecule has 0 unspecified atom stereocenters. The van der Waals surface area contributed by atoms with Crippen LogP contribution in [-0.2, 0) is 6.61 Å². The molecule has 0 aliphatic rings. The van der Waals surface area contributed by atoms with Crippen LogP contribution in [0.1, 0.15) is 15.9 Å². The molecular formula is C14H10BrO3-. The molecular weight excluding hydrogens is 296 g/mol. The van der Waals surface area contributed by atoms with Gasteiger partial charge in [0.25, 0.3) is 0 Å². The Labute approximate surface area is 113 Å². The summed E-state index contributed by atoms with van der Waals surface area (Å²) in [7, 11) is 0. The average Bonchev–Trinajstić information content (AvgIpc) is 2.38. The fraction of sp³-hybridized carbons (Fsp3) is 0.0714. The summed E-state index contributed by atoms with van der Waals surface area (Å²) < 4.78 is 6.29. The summed E-state index contributed by atoms with van der Waals surface area (Å²) in [4.78, 5) is 10.8. The highest BCUT2D eigenvalue weighted by atomic mass is 79.9. The first-order valence-corrected chi connectivity index (χ1v) is 6.14. The molecule has 0 fully saturated rings. The van der Waals surface area contributed by atoms with Gasteiger partial charge < -0.3 is 14.6 Å². The van der Waals surface area contributed by atoms with E-state index < -0.39 is 5.97 Å². The van der Waals surface area contributed by atoms with Gasteiger partial charge in [0.1, 0.15) is 12.4 Å². The van der Waals surface area contributed by atoms with Crippen molar-refractivity contribution in [1.29, 1.82) is 0 Å². The number of carboxylic acid groups (broad SMARTS) is 1. The van der Waals surface area contributed by atoms with Gasteiger partial charge in [0, 0.05) is 5.56 Å². The Hall–Kier alpha value is -1.81. The summed E-state index contributed by atoms with van der Waals surface area (Å²) in [6.07, 6.45) is 0. The Morgan fingerprint density at radius 1 is 1.17 bits per heavy atom. The molecule has 0 radical (unpaired) electrons. The standard InChI is InChI=1S/C14H11BrO3/c15-12-7-6-11(14(16)17)8-13(12)18-9-10-4-2-1-3-5-10/h1-8H,9H2,(H,16,17)/p-1. The van der Waals surface area contributed by atoms with Crippen molar-refractivity contribution in [1.82, 2.24) is 0 Å². The van der Waals surface area contributed by atoms with Gasteiger partial charge >= 0.3 is 0 Å². The summed E-state index contributed by atoms with van der Waals surface area (Å²) in [5.41, 5.74) is 1.12. The number of carbonyl (C=O) groups excluding carboxylic acids is 1. The number of carbonyl (C=O) groups is 1. The summed E-state index contributed by atoms with van der Waals surface area (Å²) in [6, 6.07) is 14.2. The Kier molecular flexibility index (Phi) is 3.99. The fourth-order valence-corrected chi connectivity index (χ4v) is 1.84. The zero-order valence-corrected chi connectivity index (χ0v) is 11.0. The Morgan fingerprint density at radius 3 is 2.56 bits per heavy atom. The van der Waals surface area contributed by atoms with Crippen molar-refractivity contribution < 1.29 is 14.6 Å². The van der Waals surface area contributed by atoms with Crippen molar-refractivity contribution in [3.8, 4) is 5.75 Å². The van der Waals surface area contributed by atoms with Crippen LogP contribution in [0, 0.1) is 0 Å².